The molecule has 1 aromatic rings. The van der Waals surface area contributed by atoms with E-state index in [9.17, 15) is 8.42 Å². The fraction of sp³-hybridized carbons (Fsp3) is 0.611. The Hall–Kier alpha value is -0.520. The highest BCUT2D eigenvalue weighted by atomic mass is 127. The topological polar surface area (TPSA) is 73.8 Å². The number of guanidine groups is 1. The average Bonchev–Trinajstić information content (AvgIpc) is 3.37. The summed E-state index contributed by atoms with van der Waals surface area (Å²) in [6.45, 7) is 4.44. The lowest BCUT2D eigenvalue weighted by Crippen LogP contribution is -2.42. The second kappa shape index (κ2) is 11.5. The van der Waals surface area contributed by atoms with Crippen LogP contribution in [0, 0.1) is 0 Å². The van der Waals surface area contributed by atoms with E-state index >= 15 is 0 Å². The molecule has 0 atom stereocenters. The fourth-order valence-electron chi connectivity index (χ4n) is 2.68. The van der Waals surface area contributed by atoms with Crippen molar-refractivity contribution in [2.75, 3.05) is 39.5 Å². The molecule has 0 saturated heterocycles. The highest BCUT2D eigenvalue weighted by Crippen LogP contribution is 2.51. The van der Waals surface area contributed by atoms with Crippen molar-refractivity contribution < 1.29 is 8.42 Å². The van der Waals surface area contributed by atoms with Crippen molar-refractivity contribution in [2.24, 2.45) is 4.99 Å². The minimum atomic E-state index is -3.12. The number of nitrogens with one attached hydrogen (secondary N) is 2. The Bertz CT molecular complexity index is 695. The summed E-state index contributed by atoms with van der Waals surface area (Å²) in [4.78, 5) is 5.57. The molecule has 0 bridgehead atoms. The molecule has 0 unspecified atom stereocenters. The highest BCUT2D eigenvalue weighted by molar-refractivity contribution is 14.0. The standard InChI is InChI=1S/C18H30N4O2S2.HI/c1-4-22(26(3,23)24)14-8-13-20-17(19-2)21-15-18(11-12-18)25-16-9-6-5-7-10-16;/h5-7,9-10H,4,8,11-15H2,1-3H3,(H2,19,20,21);1H. The van der Waals surface area contributed by atoms with Gasteiger partial charge in [-0.15, -0.1) is 35.7 Å². The number of hydrogen-bond donors (Lipinski definition) is 2. The molecule has 27 heavy (non-hydrogen) atoms. The maximum Gasteiger partial charge on any atom is 0.211 e. The Morgan fingerprint density at radius 3 is 2.44 bits per heavy atom. The summed E-state index contributed by atoms with van der Waals surface area (Å²) in [6.07, 6.45) is 4.40. The normalized spacial score (nSPS) is 15.9. The minimum absolute atomic E-state index is 0. The van der Waals surface area contributed by atoms with Gasteiger partial charge in [0.1, 0.15) is 0 Å². The van der Waals surface area contributed by atoms with Crippen LogP contribution in [0.25, 0.3) is 0 Å². The maximum atomic E-state index is 11.6. The lowest BCUT2D eigenvalue weighted by atomic mass is 10.4. The van der Waals surface area contributed by atoms with Gasteiger partial charge in [0.25, 0.3) is 0 Å². The van der Waals surface area contributed by atoms with Crippen LogP contribution in [0.5, 0.6) is 0 Å². The van der Waals surface area contributed by atoms with E-state index in [0.29, 0.717) is 19.6 Å². The molecule has 6 nitrogen and oxygen atoms in total. The SMILES string of the molecule is CCN(CCCNC(=NC)NCC1(Sc2ccccc2)CC1)S(C)(=O)=O.I. The number of halogens is 1. The van der Waals surface area contributed by atoms with Crippen molar-refractivity contribution in [3.8, 4) is 0 Å². The Balaban J connectivity index is 0.00000364. The van der Waals surface area contributed by atoms with Gasteiger partial charge < -0.3 is 10.6 Å². The predicted octanol–water partition coefficient (Wildman–Crippen LogP) is 2.77. The monoisotopic (exact) mass is 526 g/mol. The van der Waals surface area contributed by atoms with Crippen LogP contribution >= 0.6 is 35.7 Å². The quantitative estimate of drug-likeness (QED) is 0.212. The third-order valence-electron chi connectivity index (χ3n) is 4.39. The molecule has 1 fully saturated rings. The van der Waals surface area contributed by atoms with Crippen molar-refractivity contribution in [3.05, 3.63) is 30.3 Å². The van der Waals surface area contributed by atoms with Crippen LogP contribution in [0.2, 0.25) is 0 Å². The first-order valence-corrected chi connectivity index (χ1v) is 11.7. The van der Waals surface area contributed by atoms with Crippen molar-refractivity contribution >= 4 is 51.7 Å². The number of nitrogens with zero attached hydrogens (tertiary/aromatic N) is 2. The Morgan fingerprint density at radius 1 is 1.26 bits per heavy atom. The molecule has 1 aromatic carbocycles. The lowest BCUT2D eigenvalue weighted by Gasteiger charge is -2.20. The lowest BCUT2D eigenvalue weighted by molar-refractivity contribution is 0.424. The van der Waals surface area contributed by atoms with Gasteiger partial charge in [-0.25, -0.2) is 12.7 Å². The van der Waals surface area contributed by atoms with E-state index in [2.05, 4.69) is 39.9 Å². The van der Waals surface area contributed by atoms with Crippen LogP contribution in [0.3, 0.4) is 0 Å². The van der Waals surface area contributed by atoms with E-state index in [4.69, 9.17) is 0 Å². The smallest absolute Gasteiger partial charge is 0.211 e. The van der Waals surface area contributed by atoms with Crippen LogP contribution in [-0.4, -0.2) is 62.9 Å². The minimum Gasteiger partial charge on any atom is -0.356 e. The molecule has 154 valence electrons. The molecule has 0 aliphatic heterocycles. The third-order valence-corrected chi connectivity index (χ3v) is 7.26. The molecule has 0 amide bonds. The van der Waals surface area contributed by atoms with Gasteiger partial charge in [0.15, 0.2) is 5.96 Å². The molecule has 9 heteroatoms. The summed E-state index contributed by atoms with van der Waals surface area (Å²) in [5.74, 6) is 0.771. The molecule has 0 radical (unpaired) electrons. The molecule has 0 aromatic heterocycles. The number of thioether (sulfide) groups is 1. The zero-order valence-corrected chi connectivity index (χ0v) is 20.2. The number of hydrogen-bond acceptors (Lipinski definition) is 4. The van der Waals surface area contributed by atoms with E-state index in [1.54, 1.807) is 7.05 Å². The average molecular weight is 527 g/mol. The summed E-state index contributed by atoms with van der Waals surface area (Å²) >= 11 is 1.93. The molecular formula is C18H31IN4O2S2. The second-order valence-electron chi connectivity index (χ2n) is 6.56. The zero-order valence-electron chi connectivity index (χ0n) is 16.3. The molecule has 0 spiro atoms. The van der Waals surface area contributed by atoms with Crippen LogP contribution in [-0.2, 0) is 10.0 Å². The molecule has 2 rings (SSSR count). The van der Waals surface area contributed by atoms with Gasteiger partial charge in [-0.2, -0.15) is 0 Å². The molecule has 1 aliphatic rings. The number of aliphatic imine (C=N–C) groups is 1. The summed E-state index contributed by atoms with van der Waals surface area (Å²) in [5, 5.41) is 6.68. The fourth-order valence-corrected chi connectivity index (χ4v) is 4.85. The van der Waals surface area contributed by atoms with Crippen molar-refractivity contribution in [2.45, 2.75) is 35.8 Å². The van der Waals surface area contributed by atoms with E-state index < -0.39 is 10.0 Å². The Labute approximate surface area is 185 Å². The first kappa shape index (κ1) is 24.5. The predicted molar refractivity (Wildman–Crippen MR) is 126 cm³/mol. The summed E-state index contributed by atoms with van der Waals surface area (Å²) in [7, 11) is -1.36. The molecule has 2 N–H and O–H groups in total. The first-order chi connectivity index (χ1) is 12.4. The van der Waals surface area contributed by atoms with Gasteiger partial charge in [0.2, 0.25) is 10.0 Å². The Kier molecular flexibility index (Phi) is 10.4. The van der Waals surface area contributed by atoms with Gasteiger partial charge in [-0.3, -0.25) is 4.99 Å². The third kappa shape index (κ3) is 8.57. The van der Waals surface area contributed by atoms with Gasteiger partial charge >= 0.3 is 0 Å². The van der Waals surface area contributed by atoms with Gasteiger partial charge in [-0.1, -0.05) is 25.1 Å². The van der Waals surface area contributed by atoms with E-state index in [1.807, 2.05) is 24.8 Å². The molecule has 1 saturated carbocycles. The van der Waals surface area contributed by atoms with Crippen molar-refractivity contribution in [1.29, 1.82) is 0 Å². The zero-order chi connectivity index (χ0) is 19.0. The maximum absolute atomic E-state index is 11.6. The van der Waals surface area contributed by atoms with E-state index in [1.165, 1.54) is 28.3 Å². The van der Waals surface area contributed by atoms with E-state index in [-0.39, 0.29) is 28.7 Å². The summed E-state index contributed by atoms with van der Waals surface area (Å²) in [5.41, 5.74) is 0. The Morgan fingerprint density at radius 2 is 1.93 bits per heavy atom. The second-order valence-corrected chi connectivity index (χ2v) is 10.1. The van der Waals surface area contributed by atoms with Crippen LogP contribution < -0.4 is 10.6 Å². The van der Waals surface area contributed by atoms with E-state index in [0.717, 1.165) is 18.9 Å². The summed E-state index contributed by atoms with van der Waals surface area (Å²) < 4.78 is 24.9. The number of benzene rings is 1. The van der Waals surface area contributed by atoms with Crippen molar-refractivity contribution in [3.63, 3.8) is 0 Å². The molecule has 0 heterocycles. The van der Waals surface area contributed by atoms with Gasteiger partial charge in [0.05, 0.1) is 6.26 Å². The largest absolute Gasteiger partial charge is 0.356 e. The summed E-state index contributed by atoms with van der Waals surface area (Å²) in [6, 6.07) is 10.5. The molecular weight excluding hydrogens is 495 g/mol. The van der Waals surface area contributed by atoms with Gasteiger partial charge in [-0.05, 0) is 31.4 Å². The van der Waals surface area contributed by atoms with Crippen molar-refractivity contribution in [1.82, 2.24) is 14.9 Å². The number of rotatable bonds is 10. The molecule has 1 aliphatic carbocycles. The first-order valence-electron chi connectivity index (χ1n) is 9.02. The number of sulfonamides is 1. The van der Waals surface area contributed by atoms with Gasteiger partial charge in [0, 0.05) is 42.9 Å². The van der Waals surface area contributed by atoms with Crippen LogP contribution in [0.4, 0.5) is 0 Å². The van der Waals surface area contributed by atoms with Crippen LogP contribution in [0.15, 0.2) is 40.2 Å². The van der Waals surface area contributed by atoms with Crippen LogP contribution in [0.1, 0.15) is 26.2 Å². The highest BCUT2D eigenvalue weighted by Gasteiger charge is 2.43.